The molecule has 0 radical (unpaired) electrons. The van der Waals surface area contributed by atoms with E-state index >= 15 is 0 Å². The lowest BCUT2D eigenvalue weighted by atomic mass is 9.74. The predicted octanol–water partition coefficient (Wildman–Crippen LogP) is 2.16. The minimum Gasteiger partial charge on any atom is -0.481 e. The zero-order valence-corrected chi connectivity index (χ0v) is 9.25. The molecule has 1 rings (SSSR count). The molecular formula is C11H20O3. The average molecular weight is 200 g/mol. The summed E-state index contributed by atoms with van der Waals surface area (Å²) in [6.07, 6.45) is 2.63. The van der Waals surface area contributed by atoms with Gasteiger partial charge >= 0.3 is 5.97 Å². The van der Waals surface area contributed by atoms with E-state index in [1.54, 1.807) is 7.11 Å². The number of carboxylic acid groups (broad SMARTS) is 1. The van der Waals surface area contributed by atoms with Crippen molar-refractivity contribution in [3.05, 3.63) is 0 Å². The Kier molecular flexibility index (Phi) is 3.53. The smallest absolute Gasteiger partial charge is 0.310 e. The largest absolute Gasteiger partial charge is 0.481 e. The molecule has 1 aliphatic rings. The highest BCUT2D eigenvalue weighted by Gasteiger charge is 2.48. The number of aliphatic carboxylic acids is 1. The standard InChI is InChI=1S/C11H20O3/c1-8-4-5-11(6-8,10(12)13)9(2)7-14-3/h8-9H,4-7H2,1-3H3,(H,12,13). The first-order chi connectivity index (χ1) is 6.53. The van der Waals surface area contributed by atoms with Gasteiger partial charge in [0.2, 0.25) is 0 Å². The highest BCUT2D eigenvalue weighted by Crippen LogP contribution is 2.47. The van der Waals surface area contributed by atoms with E-state index in [1.807, 2.05) is 6.92 Å². The van der Waals surface area contributed by atoms with Gasteiger partial charge in [0, 0.05) is 13.7 Å². The molecular weight excluding hydrogens is 180 g/mol. The van der Waals surface area contributed by atoms with E-state index in [1.165, 1.54) is 0 Å². The van der Waals surface area contributed by atoms with Crippen LogP contribution in [0.2, 0.25) is 0 Å². The second-order valence-electron chi connectivity index (χ2n) is 4.67. The molecule has 1 aliphatic carbocycles. The van der Waals surface area contributed by atoms with Crippen LogP contribution in [0.3, 0.4) is 0 Å². The van der Waals surface area contributed by atoms with Crippen molar-refractivity contribution in [3.8, 4) is 0 Å². The normalized spacial score (nSPS) is 34.4. The summed E-state index contributed by atoms with van der Waals surface area (Å²) in [6, 6.07) is 0. The van der Waals surface area contributed by atoms with Gasteiger partial charge in [0.05, 0.1) is 5.41 Å². The van der Waals surface area contributed by atoms with Gasteiger partial charge in [-0.1, -0.05) is 13.8 Å². The van der Waals surface area contributed by atoms with Gasteiger partial charge in [0.15, 0.2) is 0 Å². The first kappa shape index (κ1) is 11.5. The Balaban J connectivity index is 2.77. The van der Waals surface area contributed by atoms with Gasteiger partial charge in [0.1, 0.15) is 0 Å². The molecule has 0 spiro atoms. The quantitative estimate of drug-likeness (QED) is 0.756. The van der Waals surface area contributed by atoms with E-state index in [2.05, 4.69) is 6.92 Å². The Labute approximate surface area is 85.5 Å². The molecule has 0 aromatic rings. The zero-order valence-electron chi connectivity index (χ0n) is 9.25. The third kappa shape index (κ3) is 1.92. The van der Waals surface area contributed by atoms with Gasteiger partial charge < -0.3 is 9.84 Å². The molecule has 0 aromatic carbocycles. The third-order valence-electron chi connectivity index (χ3n) is 3.58. The van der Waals surface area contributed by atoms with Crippen LogP contribution in [0.1, 0.15) is 33.1 Å². The summed E-state index contributed by atoms with van der Waals surface area (Å²) in [5, 5.41) is 9.32. The Bertz CT molecular complexity index is 215. The van der Waals surface area contributed by atoms with Gasteiger partial charge in [-0.25, -0.2) is 0 Å². The van der Waals surface area contributed by atoms with Crippen molar-refractivity contribution < 1.29 is 14.6 Å². The molecule has 3 heteroatoms. The molecule has 82 valence electrons. The molecule has 3 unspecified atom stereocenters. The molecule has 1 saturated carbocycles. The van der Waals surface area contributed by atoms with Crippen molar-refractivity contribution in [3.63, 3.8) is 0 Å². The summed E-state index contributed by atoms with van der Waals surface area (Å²) in [7, 11) is 1.63. The minimum absolute atomic E-state index is 0.106. The van der Waals surface area contributed by atoms with Crippen LogP contribution in [-0.4, -0.2) is 24.8 Å². The topological polar surface area (TPSA) is 46.5 Å². The molecule has 1 N–H and O–H groups in total. The van der Waals surface area contributed by atoms with Gasteiger partial charge in [0.25, 0.3) is 0 Å². The lowest BCUT2D eigenvalue weighted by Gasteiger charge is -2.30. The highest BCUT2D eigenvalue weighted by molar-refractivity contribution is 5.75. The average Bonchev–Trinajstić information content (AvgIpc) is 2.49. The minimum atomic E-state index is -0.647. The highest BCUT2D eigenvalue weighted by atomic mass is 16.5. The van der Waals surface area contributed by atoms with E-state index in [4.69, 9.17) is 4.74 Å². The summed E-state index contributed by atoms with van der Waals surface area (Å²) in [4.78, 5) is 11.3. The number of rotatable bonds is 4. The van der Waals surface area contributed by atoms with Crippen molar-refractivity contribution in [2.24, 2.45) is 17.3 Å². The van der Waals surface area contributed by atoms with Crippen LogP contribution in [0.4, 0.5) is 0 Å². The molecule has 0 aromatic heterocycles. The molecule has 14 heavy (non-hydrogen) atoms. The molecule has 0 bridgehead atoms. The van der Waals surface area contributed by atoms with E-state index in [0.29, 0.717) is 12.5 Å². The fourth-order valence-corrected chi connectivity index (χ4v) is 2.59. The van der Waals surface area contributed by atoms with Crippen molar-refractivity contribution in [2.75, 3.05) is 13.7 Å². The molecule has 0 amide bonds. The first-order valence-corrected chi connectivity index (χ1v) is 5.25. The first-order valence-electron chi connectivity index (χ1n) is 5.25. The van der Waals surface area contributed by atoms with Gasteiger partial charge in [-0.2, -0.15) is 0 Å². The predicted molar refractivity (Wildman–Crippen MR) is 54.1 cm³/mol. The summed E-state index contributed by atoms with van der Waals surface area (Å²) < 4.78 is 5.06. The number of ether oxygens (including phenoxy) is 1. The summed E-state index contributed by atoms with van der Waals surface area (Å²) in [5.74, 6) is -0.00763. The Hall–Kier alpha value is -0.570. The van der Waals surface area contributed by atoms with Gasteiger partial charge in [-0.15, -0.1) is 0 Å². The number of hydrogen-bond acceptors (Lipinski definition) is 2. The number of hydrogen-bond donors (Lipinski definition) is 1. The van der Waals surface area contributed by atoms with Gasteiger partial charge in [-0.05, 0) is 31.1 Å². The molecule has 0 aliphatic heterocycles. The van der Waals surface area contributed by atoms with Crippen LogP contribution in [-0.2, 0) is 9.53 Å². The second-order valence-corrected chi connectivity index (χ2v) is 4.67. The van der Waals surface area contributed by atoms with Crippen LogP contribution in [0.5, 0.6) is 0 Å². The summed E-state index contributed by atoms with van der Waals surface area (Å²) in [5.41, 5.74) is -0.532. The fourth-order valence-electron chi connectivity index (χ4n) is 2.59. The fraction of sp³-hybridized carbons (Fsp3) is 0.909. The van der Waals surface area contributed by atoms with E-state index in [-0.39, 0.29) is 5.92 Å². The summed E-state index contributed by atoms with van der Waals surface area (Å²) >= 11 is 0. The van der Waals surface area contributed by atoms with Crippen molar-refractivity contribution >= 4 is 5.97 Å². The maximum Gasteiger partial charge on any atom is 0.310 e. The van der Waals surface area contributed by atoms with Crippen LogP contribution in [0, 0.1) is 17.3 Å². The van der Waals surface area contributed by atoms with E-state index in [9.17, 15) is 9.90 Å². The maximum atomic E-state index is 11.3. The van der Waals surface area contributed by atoms with E-state index < -0.39 is 11.4 Å². The monoisotopic (exact) mass is 200 g/mol. The van der Waals surface area contributed by atoms with E-state index in [0.717, 1.165) is 19.3 Å². The van der Waals surface area contributed by atoms with Crippen LogP contribution >= 0.6 is 0 Å². The van der Waals surface area contributed by atoms with Crippen molar-refractivity contribution in [1.29, 1.82) is 0 Å². The molecule has 0 saturated heterocycles. The van der Waals surface area contributed by atoms with Crippen molar-refractivity contribution in [2.45, 2.75) is 33.1 Å². The number of carboxylic acids is 1. The lowest BCUT2D eigenvalue weighted by molar-refractivity contribution is -0.153. The van der Waals surface area contributed by atoms with Crippen LogP contribution in [0.15, 0.2) is 0 Å². The van der Waals surface area contributed by atoms with Gasteiger partial charge in [-0.3, -0.25) is 4.79 Å². The Morgan fingerprint density at radius 2 is 2.36 bits per heavy atom. The van der Waals surface area contributed by atoms with Crippen molar-refractivity contribution in [1.82, 2.24) is 0 Å². The SMILES string of the molecule is COCC(C)C1(C(=O)O)CCC(C)C1. The maximum absolute atomic E-state index is 11.3. The lowest BCUT2D eigenvalue weighted by Crippen LogP contribution is -2.37. The second kappa shape index (κ2) is 4.30. The zero-order chi connectivity index (χ0) is 10.8. The Morgan fingerprint density at radius 1 is 1.71 bits per heavy atom. The Morgan fingerprint density at radius 3 is 2.71 bits per heavy atom. The third-order valence-corrected chi connectivity index (χ3v) is 3.58. The number of carbonyl (C=O) groups is 1. The molecule has 3 atom stereocenters. The molecule has 3 nitrogen and oxygen atoms in total. The molecule has 1 fully saturated rings. The number of methoxy groups -OCH3 is 1. The van der Waals surface area contributed by atoms with Crippen LogP contribution in [0.25, 0.3) is 0 Å². The summed E-state index contributed by atoms with van der Waals surface area (Å²) in [6.45, 7) is 4.65. The molecule has 0 heterocycles. The van der Waals surface area contributed by atoms with Crippen LogP contribution < -0.4 is 0 Å².